The molecule has 0 unspecified atom stereocenters. The van der Waals surface area contributed by atoms with E-state index in [0.29, 0.717) is 9.37 Å². The summed E-state index contributed by atoms with van der Waals surface area (Å²) < 4.78 is 87.8. The number of phenolic OH excluding ortho intramolecular Hbond substituents is 1. The monoisotopic (exact) mass is 846 g/mol. The van der Waals surface area contributed by atoms with Gasteiger partial charge in [0.2, 0.25) is 11.8 Å². The largest absolute Gasteiger partial charge is 0.504 e. The van der Waals surface area contributed by atoms with E-state index >= 15 is 0 Å². The Labute approximate surface area is 294 Å². The maximum Gasteiger partial charge on any atom is 0.416 e. The smallest absolute Gasteiger partial charge is 0.416 e. The molecule has 48 heavy (non-hydrogen) atoms. The van der Waals surface area contributed by atoms with Gasteiger partial charge >= 0.3 is 12.4 Å². The summed E-state index contributed by atoms with van der Waals surface area (Å²) in [5.74, 6) is -9.91. The summed E-state index contributed by atoms with van der Waals surface area (Å²) in [4.78, 5) is 52.0. The number of rotatable bonds is 4. The van der Waals surface area contributed by atoms with E-state index in [1.54, 1.807) is 0 Å². The van der Waals surface area contributed by atoms with Gasteiger partial charge in [0.1, 0.15) is 0 Å². The summed E-state index contributed by atoms with van der Waals surface area (Å²) in [7, 11) is 1.26. The Morgan fingerprint density at radius 3 is 2.08 bits per heavy atom. The van der Waals surface area contributed by atoms with Crippen LogP contribution in [0.15, 0.2) is 46.5 Å². The van der Waals surface area contributed by atoms with Crippen LogP contribution >= 0.6 is 55.1 Å². The van der Waals surface area contributed by atoms with Gasteiger partial charge in [-0.1, -0.05) is 43.5 Å². The second kappa shape index (κ2) is 11.4. The second-order valence-electron chi connectivity index (χ2n) is 11.8. The Morgan fingerprint density at radius 2 is 1.54 bits per heavy atom. The third-order valence-corrected chi connectivity index (χ3v) is 11.8. The minimum atomic E-state index is -5.25. The van der Waals surface area contributed by atoms with Crippen LogP contribution in [0.4, 0.5) is 32.0 Å². The van der Waals surface area contributed by atoms with Crippen molar-refractivity contribution in [3.8, 4) is 11.5 Å². The highest BCUT2D eigenvalue weighted by molar-refractivity contribution is 9.10. The van der Waals surface area contributed by atoms with E-state index < -0.39 is 98.4 Å². The molecule has 6 atom stereocenters. The molecule has 3 fully saturated rings. The van der Waals surface area contributed by atoms with Crippen molar-refractivity contribution in [2.75, 3.05) is 17.5 Å². The molecule has 2 saturated heterocycles. The molecule has 1 N–H and O–H groups in total. The Morgan fingerprint density at radius 1 is 0.938 bits per heavy atom. The number of carbonyl (C=O) groups is 4. The van der Waals surface area contributed by atoms with Crippen molar-refractivity contribution < 1.29 is 55.4 Å². The number of phenols is 1. The topological polar surface area (TPSA) is 104 Å². The molecule has 2 aromatic rings. The summed E-state index contributed by atoms with van der Waals surface area (Å²) in [6.07, 6.45) is -9.76. The van der Waals surface area contributed by atoms with Gasteiger partial charge in [0.25, 0.3) is 11.8 Å². The van der Waals surface area contributed by atoms with Gasteiger partial charge in [0.15, 0.2) is 21.2 Å². The van der Waals surface area contributed by atoms with Crippen molar-refractivity contribution in [2.24, 2.45) is 17.8 Å². The predicted molar refractivity (Wildman–Crippen MR) is 165 cm³/mol. The molecule has 8 nitrogen and oxygen atoms in total. The maximum absolute atomic E-state index is 14.1. The lowest BCUT2D eigenvalue weighted by atomic mass is 9.56. The number of allylic oxidation sites excluding steroid dienone is 2. The van der Waals surface area contributed by atoms with Crippen molar-refractivity contribution in [3.63, 3.8) is 0 Å². The molecule has 2 aliphatic carbocycles. The fraction of sp³-hybridized carbons (Fsp3) is 0.400. The maximum atomic E-state index is 14.1. The van der Waals surface area contributed by atoms with Crippen LogP contribution in [0.2, 0.25) is 0 Å². The molecule has 2 heterocycles. The van der Waals surface area contributed by atoms with E-state index in [1.807, 2.05) is 0 Å². The minimum absolute atomic E-state index is 0.0328. The van der Waals surface area contributed by atoms with Crippen LogP contribution in [0.5, 0.6) is 11.5 Å². The lowest BCUT2D eigenvalue weighted by molar-refractivity contribution is -0.143. The number of nitrogens with zero attached hydrogens (tertiary/aromatic N) is 2. The first-order valence-electron chi connectivity index (χ1n) is 14.0. The Balaban J connectivity index is 1.54. The number of halogens is 10. The van der Waals surface area contributed by atoms with Gasteiger partial charge in [0, 0.05) is 16.0 Å². The number of amides is 4. The van der Waals surface area contributed by atoms with E-state index in [0.717, 1.165) is 4.90 Å². The number of anilines is 1. The summed E-state index contributed by atoms with van der Waals surface area (Å²) in [6.45, 7) is 0. The Kier molecular flexibility index (Phi) is 8.28. The van der Waals surface area contributed by atoms with Gasteiger partial charge < -0.3 is 9.84 Å². The van der Waals surface area contributed by atoms with Crippen molar-refractivity contribution >= 4 is 84.4 Å². The fourth-order valence-corrected chi connectivity index (χ4v) is 9.26. The van der Waals surface area contributed by atoms with E-state index in [1.165, 1.54) is 25.3 Å². The van der Waals surface area contributed by atoms with E-state index in [9.17, 15) is 50.6 Å². The zero-order valence-electron chi connectivity index (χ0n) is 24.1. The van der Waals surface area contributed by atoms with E-state index in [-0.39, 0.29) is 47.0 Å². The number of carbonyl (C=O) groups excluding carboxylic acids is 4. The summed E-state index contributed by atoms with van der Waals surface area (Å²) in [5, 5.41) is 11.3. The number of fused-ring (bicyclic) bond motifs is 4. The summed E-state index contributed by atoms with van der Waals surface area (Å²) in [5.41, 5.74) is -4.53. The number of imide groups is 2. The van der Waals surface area contributed by atoms with Gasteiger partial charge in [-0.3, -0.25) is 24.1 Å². The molecule has 6 rings (SSSR count). The van der Waals surface area contributed by atoms with E-state index in [4.69, 9.17) is 27.9 Å². The van der Waals surface area contributed by atoms with Crippen LogP contribution in [0.3, 0.4) is 0 Å². The molecule has 4 amide bonds. The molecule has 1 saturated carbocycles. The average Bonchev–Trinajstić information content (AvgIpc) is 3.34. The molecule has 0 radical (unpaired) electrons. The van der Waals surface area contributed by atoms with Gasteiger partial charge in [-0.15, -0.1) is 23.2 Å². The highest BCUT2D eigenvalue weighted by Crippen LogP contribution is 2.67. The molecule has 2 aliphatic heterocycles. The van der Waals surface area contributed by atoms with Crippen LogP contribution in [-0.2, 0) is 31.5 Å². The van der Waals surface area contributed by atoms with Crippen LogP contribution in [0, 0.1) is 17.8 Å². The van der Waals surface area contributed by atoms with Crippen LogP contribution < -0.4 is 9.64 Å². The SMILES string of the molecule is COc1cc(Br)cc([C@H]2C3=CC[C@@H]4C(=O)N(c5cc(C(F)(F)F)cc(C(F)(F)F)c5)C(=O)[C@@H]4[C@@H]3C[C@@]3(Cl)C(=O)N(CBr)C(=O)[C@@]23Cl)c1O. The quantitative estimate of drug-likeness (QED) is 0.116. The van der Waals surface area contributed by atoms with Crippen molar-refractivity contribution in [1.82, 2.24) is 4.90 Å². The number of aromatic hydroxyl groups is 1. The fourth-order valence-electron chi connectivity index (χ4n) is 7.39. The molecule has 256 valence electrons. The third-order valence-electron chi connectivity index (χ3n) is 9.45. The first-order valence-corrected chi connectivity index (χ1v) is 16.6. The molecule has 0 spiro atoms. The molecule has 0 bridgehead atoms. The number of likely N-dealkylation sites (tertiary alicyclic amines) is 1. The minimum Gasteiger partial charge on any atom is -0.504 e. The number of benzene rings is 2. The standard InChI is InChI=1S/C30H20Br2Cl2F6N2O6/c1-48-19-8-13(32)7-17(22(19)43)21-15-2-3-16-20(18(15)9-27(33)25(46)41(10-31)26(47)28(21,27)34)24(45)42(23(16)44)14-5-11(29(35,36)37)4-12(6-14)30(38,39)40/h2,4-8,16,18,20-21,43H,3,9-10H2,1H3/t16-,18+,20-,21+,27+,28-/m0/s1. The molecule has 4 aliphatic rings. The van der Waals surface area contributed by atoms with Gasteiger partial charge in [-0.25, -0.2) is 4.90 Å². The van der Waals surface area contributed by atoms with Crippen LogP contribution in [0.1, 0.15) is 35.4 Å². The number of alkyl halides is 9. The van der Waals surface area contributed by atoms with Crippen LogP contribution in [0.25, 0.3) is 0 Å². The molecule has 0 aromatic heterocycles. The molecular formula is C30H20Br2Cl2F6N2O6. The Bertz CT molecular complexity index is 1810. The zero-order valence-corrected chi connectivity index (χ0v) is 28.7. The lowest BCUT2D eigenvalue weighted by Gasteiger charge is -2.50. The van der Waals surface area contributed by atoms with Crippen molar-refractivity contribution in [2.45, 2.75) is 40.9 Å². The molecule has 2 aromatic carbocycles. The predicted octanol–water partition coefficient (Wildman–Crippen LogP) is 7.12. The number of methoxy groups -OCH3 is 1. The highest BCUT2D eigenvalue weighted by Gasteiger charge is 2.76. The van der Waals surface area contributed by atoms with E-state index in [2.05, 4.69) is 31.9 Å². The normalized spacial score (nSPS) is 30.4. The molecule has 18 heteroatoms. The average molecular weight is 849 g/mol. The zero-order chi connectivity index (χ0) is 35.5. The second-order valence-corrected chi connectivity index (χ2v) is 14.5. The summed E-state index contributed by atoms with van der Waals surface area (Å²) in [6, 6.07) is 3.26. The molecular weight excluding hydrogens is 829 g/mol. The number of ether oxygens (including phenoxy) is 1. The lowest BCUT2D eigenvalue weighted by Crippen LogP contribution is -2.60. The first-order chi connectivity index (χ1) is 22.2. The third kappa shape index (κ3) is 4.83. The highest BCUT2D eigenvalue weighted by atomic mass is 79.9. The van der Waals surface area contributed by atoms with Crippen molar-refractivity contribution in [3.05, 3.63) is 63.1 Å². The van der Waals surface area contributed by atoms with Crippen LogP contribution in [-0.4, -0.2) is 55.9 Å². The van der Waals surface area contributed by atoms with Crippen molar-refractivity contribution in [1.29, 1.82) is 0 Å². The first kappa shape index (κ1) is 35.0. The van der Waals surface area contributed by atoms with Gasteiger partial charge in [-0.2, -0.15) is 26.3 Å². The Hall–Kier alpha value is -2.82. The summed E-state index contributed by atoms with van der Waals surface area (Å²) >= 11 is 20.6. The van der Waals surface area contributed by atoms with Gasteiger partial charge in [0.05, 0.1) is 41.2 Å². The van der Waals surface area contributed by atoms with Gasteiger partial charge in [-0.05, 0) is 49.1 Å². The number of hydrogen-bond acceptors (Lipinski definition) is 6. The number of hydrogen-bond donors (Lipinski definition) is 1.